The van der Waals surface area contributed by atoms with Crippen molar-refractivity contribution in [2.24, 2.45) is 10.9 Å². The Bertz CT molecular complexity index is 430. The average Bonchev–Trinajstić information content (AvgIpc) is 3.06. The van der Waals surface area contributed by atoms with Gasteiger partial charge in [-0.3, -0.25) is 4.99 Å². The fourth-order valence-electron chi connectivity index (χ4n) is 2.91. The highest BCUT2D eigenvalue weighted by Gasteiger charge is 2.18. The highest BCUT2D eigenvalue weighted by Crippen LogP contribution is 2.16. The Morgan fingerprint density at radius 1 is 1.41 bits per heavy atom. The summed E-state index contributed by atoms with van der Waals surface area (Å²) in [5.41, 5.74) is 0. The first-order chi connectivity index (χ1) is 10.8. The first kappa shape index (κ1) is 16.9. The van der Waals surface area contributed by atoms with E-state index in [-0.39, 0.29) is 0 Å². The van der Waals surface area contributed by atoms with Crippen molar-refractivity contribution in [3.63, 3.8) is 0 Å². The maximum atomic E-state index is 5.35. The third-order valence-corrected chi connectivity index (χ3v) is 4.15. The van der Waals surface area contributed by atoms with Gasteiger partial charge < -0.3 is 20.0 Å². The van der Waals surface area contributed by atoms with Gasteiger partial charge in [-0.15, -0.1) is 0 Å². The Labute approximate surface area is 134 Å². The zero-order valence-corrected chi connectivity index (χ0v) is 14.0. The molecule has 0 spiro atoms. The molecule has 1 fully saturated rings. The Morgan fingerprint density at radius 3 is 3.05 bits per heavy atom. The molecule has 0 saturated carbocycles. The summed E-state index contributed by atoms with van der Waals surface area (Å²) in [7, 11) is 0. The summed E-state index contributed by atoms with van der Waals surface area (Å²) in [6, 6.07) is 3.93. The van der Waals surface area contributed by atoms with Crippen LogP contribution < -0.4 is 10.6 Å². The van der Waals surface area contributed by atoms with Gasteiger partial charge in [-0.2, -0.15) is 0 Å². The lowest BCUT2D eigenvalue weighted by Crippen LogP contribution is -2.40. The lowest BCUT2D eigenvalue weighted by molar-refractivity contribution is 0.186. The summed E-state index contributed by atoms with van der Waals surface area (Å²) >= 11 is 0. The Morgan fingerprint density at radius 2 is 2.32 bits per heavy atom. The van der Waals surface area contributed by atoms with E-state index >= 15 is 0 Å². The molecule has 1 unspecified atom stereocenters. The molecule has 124 valence electrons. The normalized spacial score (nSPS) is 20.1. The van der Waals surface area contributed by atoms with Gasteiger partial charge >= 0.3 is 0 Å². The molecule has 1 aliphatic rings. The molecule has 0 bridgehead atoms. The van der Waals surface area contributed by atoms with Gasteiger partial charge in [0.15, 0.2) is 5.96 Å². The number of nitrogens with one attached hydrogen (secondary N) is 2. The summed E-state index contributed by atoms with van der Waals surface area (Å²) in [5.74, 6) is 2.62. The van der Waals surface area contributed by atoms with Gasteiger partial charge in [0.25, 0.3) is 0 Å². The number of nitrogens with zero attached hydrogens (tertiary/aromatic N) is 2. The number of hydrogen-bond acceptors (Lipinski definition) is 3. The van der Waals surface area contributed by atoms with E-state index in [4.69, 9.17) is 9.41 Å². The molecule has 0 aliphatic carbocycles. The fraction of sp³-hybridized carbons (Fsp3) is 0.706. The standard InChI is InChI=1S/C17H30N4O/c1-3-18-17(19-10-9-16-8-6-12-22-16)20-13-15-7-5-11-21(4-2)14-15/h6,8,12,15H,3-5,7,9-11,13-14H2,1-2H3,(H2,18,19,20). The summed E-state index contributed by atoms with van der Waals surface area (Å²) in [6.07, 6.45) is 5.20. The minimum atomic E-state index is 0.689. The predicted molar refractivity (Wildman–Crippen MR) is 91.2 cm³/mol. The first-order valence-electron chi connectivity index (χ1n) is 8.58. The molecule has 1 aromatic heterocycles. The molecule has 2 rings (SSSR count). The van der Waals surface area contributed by atoms with Crippen LogP contribution in [0.4, 0.5) is 0 Å². The number of furan rings is 1. The van der Waals surface area contributed by atoms with Crippen LogP contribution in [0.25, 0.3) is 0 Å². The Balaban J connectivity index is 1.76. The van der Waals surface area contributed by atoms with Crippen molar-refractivity contribution in [2.75, 3.05) is 39.3 Å². The van der Waals surface area contributed by atoms with Crippen LogP contribution in [0.3, 0.4) is 0 Å². The summed E-state index contributed by atoms with van der Waals surface area (Å²) in [4.78, 5) is 7.29. The zero-order valence-electron chi connectivity index (χ0n) is 14.0. The first-order valence-corrected chi connectivity index (χ1v) is 8.58. The third-order valence-electron chi connectivity index (χ3n) is 4.15. The second kappa shape index (κ2) is 9.51. The van der Waals surface area contributed by atoms with Gasteiger partial charge in [-0.05, 0) is 50.9 Å². The molecule has 0 aromatic carbocycles. The second-order valence-corrected chi connectivity index (χ2v) is 5.88. The molecule has 1 atom stereocenters. The number of likely N-dealkylation sites (tertiary alicyclic amines) is 1. The molecule has 5 heteroatoms. The lowest BCUT2D eigenvalue weighted by atomic mass is 9.98. The largest absolute Gasteiger partial charge is 0.469 e. The van der Waals surface area contributed by atoms with Crippen LogP contribution in [0.15, 0.2) is 27.8 Å². The number of rotatable bonds is 7. The van der Waals surface area contributed by atoms with E-state index in [0.717, 1.165) is 44.3 Å². The lowest BCUT2D eigenvalue weighted by Gasteiger charge is -2.31. The summed E-state index contributed by atoms with van der Waals surface area (Å²) in [5, 5.41) is 6.71. The van der Waals surface area contributed by atoms with E-state index < -0.39 is 0 Å². The Kier molecular flexibility index (Phi) is 7.30. The minimum Gasteiger partial charge on any atom is -0.469 e. The molecule has 1 saturated heterocycles. The van der Waals surface area contributed by atoms with Crippen LogP contribution in [-0.2, 0) is 6.42 Å². The summed E-state index contributed by atoms with van der Waals surface area (Å²) in [6.45, 7) is 10.6. The smallest absolute Gasteiger partial charge is 0.191 e. The summed E-state index contributed by atoms with van der Waals surface area (Å²) < 4.78 is 5.35. The van der Waals surface area contributed by atoms with Crippen molar-refractivity contribution >= 4 is 5.96 Å². The number of aliphatic imine (C=N–C) groups is 1. The molecule has 1 aromatic rings. The van der Waals surface area contributed by atoms with E-state index in [1.807, 2.05) is 12.1 Å². The number of hydrogen-bond donors (Lipinski definition) is 2. The monoisotopic (exact) mass is 306 g/mol. The molecule has 2 heterocycles. The van der Waals surface area contributed by atoms with Crippen molar-refractivity contribution in [1.82, 2.24) is 15.5 Å². The Hall–Kier alpha value is -1.49. The maximum absolute atomic E-state index is 5.35. The third kappa shape index (κ3) is 5.72. The van der Waals surface area contributed by atoms with Gasteiger partial charge in [0.1, 0.15) is 5.76 Å². The SMILES string of the molecule is CCNC(=NCC1CCCN(CC)C1)NCCc1ccco1. The fourth-order valence-corrected chi connectivity index (χ4v) is 2.91. The molecule has 0 radical (unpaired) electrons. The van der Waals surface area contributed by atoms with Crippen LogP contribution in [0.2, 0.25) is 0 Å². The van der Waals surface area contributed by atoms with Crippen LogP contribution in [0.5, 0.6) is 0 Å². The van der Waals surface area contributed by atoms with E-state index in [9.17, 15) is 0 Å². The van der Waals surface area contributed by atoms with Crippen molar-refractivity contribution in [1.29, 1.82) is 0 Å². The molecule has 2 N–H and O–H groups in total. The molecule has 1 aliphatic heterocycles. The van der Waals surface area contributed by atoms with Gasteiger partial charge in [-0.25, -0.2) is 0 Å². The highest BCUT2D eigenvalue weighted by atomic mass is 16.3. The van der Waals surface area contributed by atoms with Crippen LogP contribution >= 0.6 is 0 Å². The average molecular weight is 306 g/mol. The second-order valence-electron chi connectivity index (χ2n) is 5.88. The molecule has 0 amide bonds. The van der Waals surface area contributed by atoms with Crippen molar-refractivity contribution in [3.8, 4) is 0 Å². The predicted octanol–water partition coefficient (Wildman–Crippen LogP) is 2.11. The molecular weight excluding hydrogens is 276 g/mol. The zero-order chi connectivity index (χ0) is 15.6. The van der Waals surface area contributed by atoms with E-state index in [2.05, 4.69) is 29.4 Å². The van der Waals surface area contributed by atoms with Crippen LogP contribution in [0.1, 0.15) is 32.4 Å². The quantitative estimate of drug-likeness (QED) is 0.598. The molecular formula is C17H30N4O. The van der Waals surface area contributed by atoms with Gasteiger partial charge in [0.2, 0.25) is 0 Å². The maximum Gasteiger partial charge on any atom is 0.191 e. The number of piperidine rings is 1. The van der Waals surface area contributed by atoms with Gasteiger partial charge in [-0.1, -0.05) is 6.92 Å². The van der Waals surface area contributed by atoms with Crippen LogP contribution in [-0.4, -0.2) is 50.1 Å². The molecule has 5 nitrogen and oxygen atoms in total. The number of guanidine groups is 1. The minimum absolute atomic E-state index is 0.689. The topological polar surface area (TPSA) is 52.8 Å². The molecule has 22 heavy (non-hydrogen) atoms. The van der Waals surface area contributed by atoms with E-state index in [1.54, 1.807) is 6.26 Å². The highest BCUT2D eigenvalue weighted by molar-refractivity contribution is 5.79. The van der Waals surface area contributed by atoms with Crippen LogP contribution in [0, 0.1) is 5.92 Å². The van der Waals surface area contributed by atoms with Crippen molar-refractivity contribution in [2.45, 2.75) is 33.1 Å². The van der Waals surface area contributed by atoms with E-state index in [0.29, 0.717) is 5.92 Å². The van der Waals surface area contributed by atoms with E-state index in [1.165, 1.54) is 25.9 Å². The van der Waals surface area contributed by atoms with Crippen molar-refractivity contribution in [3.05, 3.63) is 24.2 Å². The van der Waals surface area contributed by atoms with Gasteiger partial charge in [0.05, 0.1) is 6.26 Å². The van der Waals surface area contributed by atoms with Gasteiger partial charge in [0, 0.05) is 32.6 Å². The van der Waals surface area contributed by atoms with Crippen molar-refractivity contribution < 1.29 is 4.42 Å².